The first kappa shape index (κ1) is 18.3. The molecule has 2 aromatic carbocycles. The zero-order valence-corrected chi connectivity index (χ0v) is 15.1. The van der Waals surface area contributed by atoms with Crippen molar-refractivity contribution in [1.82, 2.24) is 15.6 Å². The highest BCUT2D eigenvalue weighted by Crippen LogP contribution is 2.08. The molecule has 0 fully saturated rings. The van der Waals surface area contributed by atoms with Gasteiger partial charge in [-0.3, -0.25) is 14.6 Å². The molecule has 27 heavy (non-hydrogen) atoms. The maximum atomic E-state index is 12.4. The molecule has 0 aliphatic rings. The maximum absolute atomic E-state index is 12.4. The molecule has 0 bridgehead atoms. The number of nitrogens with zero attached hydrogens (tertiary/aromatic N) is 1. The zero-order valence-electron chi connectivity index (χ0n) is 15.1. The summed E-state index contributed by atoms with van der Waals surface area (Å²) in [5, 5.41) is 5.70. The number of hydrogen-bond acceptors (Lipinski definition) is 3. The summed E-state index contributed by atoms with van der Waals surface area (Å²) >= 11 is 0. The van der Waals surface area contributed by atoms with E-state index in [1.165, 1.54) is 12.3 Å². The van der Waals surface area contributed by atoms with Crippen LogP contribution >= 0.6 is 0 Å². The molecule has 3 rings (SSSR count). The van der Waals surface area contributed by atoms with E-state index in [1.54, 1.807) is 6.07 Å². The molecule has 136 valence electrons. The SMILES string of the molecule is Cc1ccccc1CNC(=O)c1cc(C(=O)NCc2ccccc2)ccn1. The van der Waals surface area contributed by atoms with Crippen molar-refractivity contribution in [3.05, 3.63) is 101 Å². The highest BCUT2D eigenvalue weighted by atomic mass is 16.2. The molecule has 0 unspecified atom stereocenters. The van der Waals surface area contributed by atoms with Gasteiger partial charge in [-0.1, -0.05) is 54.6 Å². The number of amides is 2. The third-order valence-corrected chi connectivity index (χ3v) is 4.25. The lowest BCUT2D eigenvalue weighted by atomic mass is 10.1. The van der Waals surface area contributed by atoms with Crippen LogP contribution in [0.4, 0.5) is 0 Å². The fourth-order valence-corrected chi connectivity index (χ4v) is 2.65. The number of hydrogen-bond donors (Lipinski definition) is 2. The monoisotopic (exact) mass is 359 g/mol. The van der Waals surface area contributed by atoms with Gasteiger partial charge in [0.05, 0.1) is 0 Å². The van der Waals surface area contributed by atoms with Gasteiger partial charge in [0.25, 0.3) is 11.8 Å². The molecule has 0 aliphatic heterocycles. The van der Waals surface area contributed by atoms with Gasteiger partial charge in [0.1, 0.15) is 5.69 Å². The first-order chi connectivity index (χ1) is 13.1. The molecule has 2 N–H and O–H groups in total. The first-order valence-electron chi connectivity index (χ1n) is 8.74. The topological polar surface area (TPSA) is 71.1 Å². The highest BCUT2D eigenvalue weighted by molar-refractivity contribution is 5.98. The minimum atomic E-state index is -0.309. The smallest absolute Gasteiger partial charge is 0.270 e. The number of aryl methyl sites for hydroxylation is 1. The van der Waals surface area contributed by atoms with Crippen LogP contribution in [0.25, 0.3) is 0 Å². The molecule has 5 nitrogen and oxygen atoms in total. The second-order valence-electron chi connectivity index (χ2n) is 6.21. The van der Waals surface area contributed by atoms with Crippen molar-refractivity contribution >= 4 is 11.8 Å². The predicted molar refractivity (Wildman–Crippen MR) is 104 cm³/mol. The van der Waals surface area contributed by atoms with Crippen LogP contribution in [0, 0.1) is 6.92 Å². The van der Waals surface area contributed by atoms with Crippen LogP contribution in [0.3, 0.4) is 0 Å². The van der Waals surface area contributed by atoms with Gasteiger partial charge in [-0.05, 0) is 35.7 Å². The Kier molecular flexibility index (Phi) is 5.94. The van der Waals surface area contributed by atoms with Gasteiger partial charge in [-0.2, -0.15) is 0 Å². The molecule has 3 aromatic rings. The molecule has 0 atom stereocenters. The Bertz CT molecular complexity index is 939. The molecule has 1 aromatic heterocycles. The number of nitrogens with one attached hydrogen (secondary N) is 2. The summed E-state index contributed by atoms with van der Waals surface area (Å²) in [6, 6.07) is 20.6. The Balaban J connectivity index is 1.61. The van der Waals surface area contributed by atoms with Gasteiger partial charge in [0, 0.05) is 24.8 Å². The summed E-state index contributed by atoms with van der Waals surface area (Å²) in [7, 11) is 0. The van der Waals surface area contributed by atoms with Gasteiger partial charge in [0.2, 0.25) is 0 Å². The van der Waals surface area contributed by atoms with Crippen LogP contribution in [0.1, 0.15) is 37.5 Å². The average molecular weight is 359 g/mol. The van der Waals surface area contributed by atoms with Crippen molar-refractivity contribution in [3.8, 4) is 0 Å². The van der Waals surface area contributed by atoms with Gasteiger partial charge in [0.15, 0.2) is 0 Å². The Morgan fingerprint density at radius 3 is 2.33 bits per heavy atom. The predicted octanol–water partition coefficient (Wildman–Crippen LogP) is 3.25. The first-order valence-corrected chi connectivity index (χ1v) is 8.74. The van der Waals surface area contributed by atoms with E-state index >= 15 is 0 Å². The van der Waals surface area contributed by atoms with Gasteiger partial charge >= 0.3 is 0 Å². The normalized spacial score (nSPS) is 10.3. The maximum Gasteiger partial charge on any atom is 0.270 e. The van der Waals surface area contributed by atoms with Crippen LogP contribution < -0.4 is 10.6 Å². The molecule has 0 spiro atoms. The molecule has 0 radical (unpaired) electrons. The van der Waals surface area contributed by atoms with E-state index in [1.807, 2.05) is 61.5 Å². The van der Waals surface area contributed by atoms with Crippen LogP contribution in [0.2, 0.25) is 0 Å². The van der Waals surface area contributed by atoms with E-state index in [0.717, 1.165) is 16.7 Å². The number of benzene rings is 2. The number of pyridine rings is 1. The molecular formula is C22H21N3O2. The third kappa shape index (κ3) is 5.01. The van der Waals surface area contributed by atoms with Gasteiger partial charge in [-0.25, -0.2) is 0 Å². The molecular weight excluding hydrogens is 338 g/mol. The van der Waals surface area contributed by atoms with Crippen LogP contribution in [0.5, 0.6) is 0 Å². The van der Waals surface area contributed by atoms with Gasteiger partial charge < -0.3 is 10.6 Å². The van der Waals surface area contributed by atoms with Crippen LogP contribution in [0.15, 0.2) is 72.9 Å². The van der Waals surface area contributed by atoms with Gasteiger partial charge in [-0.15, -0.1) is 0 Å². The molecule has 5 heteroatoms. The highest BCUT2D eigenvalue weighted by Gasteiger charge is 2.12. The number of carbonyl (C=O) groups excluding carboxylic acids is 2. The number of carbonyl (C=O) groups is 2. The van der Waals surface area contributed by atoms with E-state index < -0.39 is 0 Å². The third-order valence-electron chi connectivity index (χ3n) is 4.25. The average Bonchev–Trinajstić information content (AvgIpc) is 2.72. The Hall–Kier alpha value is -3.47. The zero-order chi connectivity index (χ0) is 19.1. The molecule has 2 amide bonds. The van der Waals surface area contributed by atoms with Crippen LogP contribution in [-0.2, 0) is 13.1 Å². The minimum Gasteiger partial charge on any atom is -0.348 e. The summed E-state index contributed by atoms with van der Waals surface area (Å²) in [5.74, 6) is -0.551. The van der Waals surface area contributed by atoms with Crippen molar-refractivity contribution in [1.29, 1.82) is 0 Å². The largest absolute Gasteiger partial charge is 0.348 e. The van der Waals surface area contributed by atoms with E-state index in [-0.39, 0.29) is 17.5 Å². The molecule has 1 heterocycles. The van der Waals surface area contributed by atoms with Crippen LogP contribution in [-0.4, -0.2) is 16.8 Å². The van der Waals surface area contributed by atoms with Crippen molar-refractivity contribution in [3.63, 3.8) is 0 Å². The summed E-state index contributed by atoms with van der Waals surface area (Å²) in [4.78, 5) is 28.8. The summed E-state index contributed by atoms with van der Waals surface area (Å²) in [6.45, 7) is 2.84. The summed E-state index contributed by atoms with van der Waals surface area (Å²) < 4.78 is 0. The second kappa shape index (κ2) is 8.76. The second-order valence-corrected chi connectivity index (χ2v) is 6.21. The van der Waals surface area contributed by atoms with Crippen molar-refractivity contribution in [2.45, 2.75) is 20.0 Å². The van der Waals surface area contributed by atoms with E-state index in [4.69, 9.17) is 0 Å². The standard InChI is InChI=1S/C22H21N3O2/c1-16-7-5-6-10-19(16)15-25-22(27)20-13-18(11-12-23-20)21(26)24-14-17-8-3-2-4-9-17/h2-13H,14-15H2,1H3,(H,24,26)(H,25,27). The Labute approximate surface area is 158 Å². The summed E-state index contributed by atoms with van der Waals surface area (Å²) in [6.07, 6.45) is 1.47. The van der Waals surface area contributed by atoms with E-state index in [2.05, 4.69) is 15.6 Å². The van der Waals surface area contributed by atoms with Crippen molar-refractivity contribution in [2.24, 2.45) is 0 Å². The lowest BCUT2D eigenvalue weighted by Crippen LogP contribution is -2.26. The molecule has 0 aliphatic carbocycles. The fraction of sp³-hybridized carbons (Fsp3) is 0.136. The van der Waals surface area contributed by atoms with Crippen molar-refractivity contribution < 1.29 is 9.59 Å². The molecule has 0 saturated heterocycles. The lowest BCUT2D eigenvalue weighted by molar-refractivity contribution is 0.0946. The lowest BCUT2D eigenvalue weighted by Gasteiger charge is -2.09. The van der Waals surface area contributed by atoms with E-state index in [0.29, 0.717) is 18.7 Å². The minimum absolute atomic E-state index is 0.218. The summed E-state index contributed by atoms with van der Waals surface area (Å²) in [5.41, 5.74) is 3.79. The Morgan fingerprint density at radius 2 is 1.56 bits per heavy atom. The fourth-order valence-electron chi connectivity index (χ4n) is 2.65. The number of rotatable bonds is 6. The Morgan fingerprint density at radius 1 is 0.852 bits per heavy atom. The van der Waals surface area contributed by atoms with Crippen molar-refractivity contribution in [2.75, 3.05) is 0 Å². The quantitative estimate of drug-likeness (QED) is 0.710. The number of aromatic nitrogens is 1. The molecule has 0 saturated carbocycles. The van der Waals surface area contributed by atoms with E-state index in [9.17, 15) is 9.59 Å².